The molecule has 1 fully saturated rings. The number of carbonyl (C=O) groups excluding carboxylic acids is 3. The van der Waals surface area contributed by atoms with Crippen molar-refractivity contribution in [3.05, 3.63) is 142 Å². The van der Waals surface area contributed by atoms with E-state index in [0.717, 1.165) is 0 Å². The van der Waals surface area contributed by atoms with Gasteiger partial charge < -0.3 is 23.5 Å². The van der Waals surface area contributed by atoms with Gasteiger partial charge in [0.25, 0.3) is 0 Å². The summed E-state index contributed by atoms with van der Waals surface area (Å²) in [5, 5.41) is 0.745. The van der Waals surface area contributed by atoms with Crippen LogP contribution in [-0.2, 0) is 18.9 Å². The highest BCUT2D eigenvalue weighted by Gasteiger charge is 2.62. The predicted octanol–water partition coefficient (Wildman–Crippen LogP) is 6.45. The molecule has 5 aromatic rings. The second kappa shape index (κ2) is 13.4. The molecule has 2 aromatic heterocycles. The number of fused-ring (bicyclic) bond motifs is 1. The number of esters is 3. The van der Waals surface area contributed by atoms with Gasteiger partial charge in [0.15, 0.2) is 12.3 Å². The molecule has 1 aliphatic rings. The third kappa shape index (κ3) is 6.00. The second-order valence-corrected chi connectivity index (χ2v) is 11.8. The molecule has 0 N–H and O–H groups in total. The first-order chi connectivity index (χ1) is 22.3. The Morgan fingerprint density at radius 2 is 1.46 bits per heavy atom. The Kier molecular flexibility index (Phi) is 9.15. The highest BCUT2D eigenvalue weighted by atomic mass is 127. The summed E-state index contributed by atoms with van der Waals surface area (Å²) >= 11 is 8.54. The van der Waals surface area contributed by atoms with Crippen LogP contribution in [0.1, 0.15) is 37.3 Å². The van der Waals surface area contributed by atoms with E-state index >= 15 is 0 Å². The number of carbonyl (C=O) groups is 3. The van der Waals surface area contributed by atoms with E-state index in [1.165, 1.54) is 12.4 Å². The quantitative estimate of drug-likeness (QED) is 0.0551. The van der Waals surface area contributed by atoms with Crippen LogP contribution in [0.3, 0.4) is 0 Å². The predicted molar refractivity (Wildman–Crippen MR) is 176 cm³/mol. The lowest BCUT2D eigenvalue weighted by Gasteiger charge is -2.35. The molecule has 4 atom stereocenters. The molecule has 2 unspecified atom stereocenters. The molecular formula is C34H25ClIN3O7. The maximum atomic E-state index is 13.7. The normalized spacial score (nSPS) is 20.6. The van der Waals surface area contributed by atoms with Crippen LogP contribution in [0.4, 0.5) is 0 Å². The Labute approximate surface area is 282 Å². The van der Waals surface area contributed by atoms with E-state index < -0.39 is 41.9 Å². The Hall–Kier alpha value is -4.59. The van der Waals surface area contributed by atoms with Crippen molar-refractivity contribution in [2.24, 2.45) is 0 Å². The van der Waals surface area contributed by atoms with Gasteiger partial charge in [-0.05, 0) is 65.1 Å². The third-order valence-corrected chi connectivity index (χ3v) is 8.58. The van der Waals surface area contributed by atoms with Crippen LogP contribution >= 0.6 is 34.2 Å². The summed E-state index contributed by atoms with van der Waals surface area (Å²) in [4.78, 5) is 48.8. The van der Waals surface area contributed by atoms with E-state index in [2.05, 4.69) is 39.1 Å². The molecule has 0 amide bonds. The summed E-state index contributed by atoms with van der Waals surface area (Å²) in [5.74, 6) is -2.06. The number of nitrogens with zero attached hydrogens (tertiary/aromatic N) is 3. The van der Waals surface area contributed by atoms with E-state index in [-0.39, 0.29) is 22.9 Å². The zero-order valence-electron chi connectivity index (χ0n) is 24.0. The van der Waals surface area contributed by atoms with E-state index in [9.17, 15) is 14.4 Å². The van der Waals surface area contributed by atoms with Crippen molar-refractivity contribution in [1.82, 2.24) is 14.5 Å². The molecule has 6 rings (SSSR count). The Balaban J connectivity index is 1.47. The van der Waals surface area contributed by atoms with Crippen LogP contribution in [0.15, 0.2) is 116 Å². The molecule has 12 heteroatoms. The van der Waals surface area contributed by atoms with Crippen LogP contribution in [-0.4, -0.2) is 56.9 Å². The molecule has 3 heterocycles. The molecule has 0 saturated carbocycles. The SMILES string of the molecule is C=CC1(OC(=O)c2ccccc2)C(OC(=O)c2ccccc2)[C@@H](COC(=O)c2ccccc2)O[C@H]1n1cc(I)c2c(Cl)ncnc21. The first kappa shape index (κ1) is 31.4. The molecule has 10 nitrogen and oxygen atoms in total. The van der Waals surface area contributed by atoms with Gasteiger partial charge in [0.2, 0.25) is 5.60 Å². The molecule has 232 valence electrons. The van der Waals surface area contributed by atoms with Gasteiger partial charge in [-0.3, -0.25) is 0 Å². The van der Waals surface area contributed by atoms with Gasteiger partial charge in [-0.1, -0.05) is 72.8 Å². The molecular weight excluding hydrogens is 725 g/mol. The third-order valence-electron chi connectivity index (χ3n) is 7.47. The number of halogens is 2. The van der Waals surface area contributed by atoms with E-state index in [1.807, 2.05) is 0 Å². The molecule has 1 saturated heterocycles. The van der Waals surface area contributed by atoms with Gasteiger partial charge in [0, 0.05) is 9.77 Å². The van der Waals surface area contributed by atoms with E-state index in [4.69, 9.17) is 30.5 Å². The number of hydrogen-bond acceptors (Lipinski definition) is 9. The molecule has 1 aliphatic heterocycles. The minimum absolute atomic E-state index is 0.206. The smallest absolute Gasteiger partial charge is 0.339 e. The summed E-state index contributed by atoms with van der Waals surface area (Å²) in [5.41, 5.74) is -0.678. The Morgan fingerprint density at radius 1 is 0.891 bits per heavy atom. The van der Waals surface area contributed by atoms with Gasteiger partial charge in [0.05, 0.1) is 22.1 Å². The first-order valence-electron chi connectivity index (χ1n) is 14.0. The van der Waals surface area contributed by atoms with Crippen LogP contribution in [0, 0.1) is 3.57 Å². The summed E-state index contributed by atoms with van der Waals surface area (Å²) < 4.78 is 26.9. The Bertz CT molecular complexity index is 1910. The van der Waals surface area contributed by atoms with E-state index in [0.29, 0.717) is 20.2 Å². The van der Waals surface area contributed by atoms with Crippen molar-refractivity contribution in [2.75, 3.05) is 6.61 Å². The van der Waals surface area contributed by atoms with Crippen LogP contribution in [0.25, 0.3) is 11.0 Å². The minimum atomic E-state index is -1.85. The Morgan fingerprint density at radius 3 is 2.04 bits per heavy atom. The summed E-state index contributed by atoms with van der Waals surface area (Å²) in [6, 6.07) is 25.1. The van der Waals surface area contributed by atoms with Gasteiger partial charge in [-0.15, -0.1) is 0 Å². The second-order valence-electron chi connectivity index (χ2n) is 10.2. The zero-order valence-corrected chi connectivity index (χ0v) is 26.9. The molecule has 46 heavy (non-hydrogen) atoms. The number of aromatic nitrogens is 3. The van der Waals surface area contributed by atoms with Crippen LogP contribution < -0.4 is 0 Å². The van der Waals surface area contributed by atoms with Gasteiger partial charge in [-0.25, -0.2) is 24.4 Å². The van der Waals surface area contributed by atoms with Gasteiger partial charge in [-0.2, -0.15) is 0 Å². The number of benzene rings is 3. The first-order valence-corrected chi connectivity index (χ1v) is 15.5. The highest BCUT2D eigenvalue weighted by molar-refractivity contribution is 14.1. The zero-order chi connectivity index (χ0) is 32.3. The fourth-order valence-corrected chi connectivity index (χ4v) is 6.46. The lowest BCUT2D eigenvalue weighted by Crippen LogP contribution is -2.51. The van der Waals surface area contributed by atoms with Gasteiger partial charge in [0.1, 0.15) is 29.8 Å². The molecule has 0 bridgehead atoms. The standard InChI is InChI=1S/C34H25ClIN3O7/c1-2-34(46-32(42)23-16-10-5-11-17-23)27(45-31(41)22-14-8-4-9-15-22)25(19-43-30(40)21-12-6-3-7-13-21)44-33(34)39-18-24(36)26-28(35)37-20-38-29(26)39/h2-18,20,25,27,33H,1,19H2/t25-,27?,33-,34?/m1/s1. The maximum Gasteiger partial charge on any atom is 0.339 e. The fourth-order valence-electron chi connectivity index (χ4n) is 5.27. The van der Waals surface area contributed by atoms with Crippen molar-refractivity contribution in [3.8, 4) is 0 Å². The van der Waals surface area contributed by atoms with Crippen molar-refractivity contribution >= 4 is 63.1 Å². The minimum Gasteiger partial charge on any atom is -0.459 e. The average Bonchev–Trinajstić information content (AvgIpc) is 3.59. The van der Waals surface area contributed by atoms with Gasteiger partial charge >= 0.3 is 17.9 Å². The molecule has 3 aromatic carbocycles. The molecule has 0 radical (unpaired) electrons. The van der Waals surface area contributed by atoms with Crippen LogP contribution in [0.5, 0.6) is 0 Å². The van der Waals surface area contributed by atoms with E-state index in [1.54, 1.807) is 102 Å². The fraction of sp³-hybridized carbons (Fsp3) is 0.147. The highest BCUT2D eigenvalue weighted by Crippen LogP contribution is 2.47. The topological polar surface area (TPSA) is 119 Å². The molecule has 0 spiro atoms. The lowest BCUT2D eigenvalue weighted by molar-refractivity contribution is -0.0915. The maximum absolute atomic E-state index is 13.7. The number of ether oxygens (including phenoxy) is 4. The van der Waals surface area contributed by atoms with Crippen molar-refractivity contribution < 1.29 is 33.3 Å². The number of rotatable bonds is 9. The largest absolute Gasteiger partial charge is 0.459 e. The lowest BCUT2D eigenvalue weighted by atomic mass is 9.92. The summed E-state index contributed by atoms with van der Waals surface area (Å²) in [6.07, 6.45) is 0.694. The summed E-state index contributed by atoms with van der Waals surface area (Å²) in [6.45, 7) is 3.66. The van der Waals surface area contributed by atoms with Crippen molar-refractivity contribution in [2.45, 2.75) is 24.0 Å². The van der Waals surface area contributed by atoms with Crippen LogP contribution in [0.2, 0.25) is 5.15 Å². The van der Waals surface area contributed by atoms with Crippen molar-refractivity contribution in [1.29, 1.82) is 0 Å². The monoisotopic (exact) mass is 749 g/mol. The van der Waals surface area contributed by atoms with Crippen molar-refractivity contribution in [3.63, 3.8) is 0 Å². The summed E-state index contributed by atoms with van der Waals surface area (Å²) in [7, 11) is 0. The molecule has 0 aliphatic carbocycles. The number of hydrogen-bond donors (Lipinski definition) is 0. The average molecular weight is 750 g/mol.